The fraction of sp³-hybridized carbons (Fsp3) is 0.138. The Bertz CT molecular complexity index is 1860. The average Bonchev–Trinajstić information content (AvgIpc) is 3.32. The molecular formula is C29H19NO6. The number of para-hydroxylation sites is 1. The van der Waals surface area contributed by atoms with Crippen LogP contribution >= 0.6 is 0 Å². The van der Waals surface area contributed by atoms with Gasteiger partial charge in [-0.3, -0.25) is 14.4 Å². The van der Waals surface area contributed by atoms with E-state index >= 15 is 0 Å². The topological polar surface area (TPSA) is 98.7 Å². The number of esters is 1. The summed E-state index contributed by atoms with van der Waals surface area (Å²) in [5.74, 6) is -0.666. The van der Waals surface area contributed by atoms with E-state index in [1.807, 2.05) is 24.3 Å². The summed E-state index contributed by atoms with van der Waals surface area (Å²) < 4.78 is 13.3. The van der Waals surface area contributed by atoms with Crippen LogP contribution in [0, 0.1) is 0 Å². The van der Waals surface area contributed by atoms with Crippen molar-refractivity contribution >= 4 is 27.8 Å². The molecule has 7 heteroatoms. The number of aryl methyl sites for hydroxylation is 2. The number of phenolic OH excluding ortho intramolecular Hbond substituents is 1. The van der Waals surface area contributed by atoms with Gasteiger partial charge in [-0.2, -0.15) is 0 Å². The fourth-order valence-corrected chi connectivity index (χ4v) is 5.60. The van der Waals surface area contributed by atoms with Crippen LogP contribution in [-0.2, 0) is 17.8 Å². The number of carbonyl (C=O) groups is 1. The second-order valence-corrected chi connectivity index (χ2v) is 9.27. The maximum Gasteiger partial charge on any atom is 0.312 e. The summed E-state index contributed by atoms with van der Waals surface area (Å²) in [7, 11) is 0. The molecule has 2 aliphatic heterocycles. The third kappa shape index (κ3) is 2.89. The molecule has 0 saturated heterocycles. The number of aromatic hydroxyl groups is 1. The number of benzene rings is 3. The van der Waals surface area contributed by atoms with Crippen LogP contribution < -0.4 is 15.7 Å². The minimum atomic E-state index is -0.613. The standard InChI is InChI=1S/C29H19NO6/c31-18-6-4-15(5-7-18)22-14-35-28-19(27(22)33)8-9-23-25(28)20(13-24(32)36-23)21-12-17-3-1-2-16-10-11-30(26(16)17)29(21)34/h1-9,12,14,20,31H,10-11,13H2. The maximum absolute atomic E-state index is 13.6. The van der Waals surface area contributed by atoms with Crippen LogP contribution in [-0.4, -0.2) is 15.6 Å². The van der Waals surface area contributed by atoms with Crippen LogP contribution in [0.2, 0.25) is 0 Å². The van der Waals surface area contributed by atoms with Gasteiger partial charge in [0.05, 0.1) is 22.9 Å². The Morgan fingerprint density at radius 1 is 0.972 bits per heavy atom. The molecule has 0 spiro atoms. The molecule has 1 unspecified atom stereocenters. The van der Waals surface area contributed by atoms with Crippen molar-refractivity contribution in [1.29, 1.82) is 0 Å². The van der Waals surface area contributed by atoms with Crippen LogP contribution in [0.1, 0.15) is 29.0 Å². The highest BCUT2D eigenvalue weighted by Crippen LogP contribution is 2.43. The molecule has 2 aromatic heterocycles. The molecule has 0 radical (unpaired) electrons. The molecule has 0 saturated carbocycles. The molecule has 1 atom stereocenters. The van der Waals surface area contributed by atoms with Crippen molar-refractivity contribution in [1.82, 2.24) is 4.57 Å². The summed E-state index contributed by atoms with van der Waals surface area (Å²) in [6.07, 6.45) is 2.14. The van der Waals surface area contributed by atoms with Gasteiger partial charge in [0.2, 0.25) is 5.43 Å². The summed E-state index contributed by atoms with van der Waals surface area (Å²) in [5.41, 5.74) is 3.95. The van der Waals surface area contributed by atoms with E-state index in [-0.39, 0.29) is 23.2 Å². The van der Waals surface area contributed by atoms with Gasteiger partial charge < -0.3 is 18.8 Å². The number of nitrogens with zero attached hydrogens (tertiary/aromatic N) is 1. The first-order chi connectivity index (χ1) is 17.5. The van der Waals surface area contributed by atoms with Gasteiger partial charge >= 0.3 is 5.97 Å². The fourth-order valence-electron chi connectivity index (χ4n) is 5.60. The van der Waals surface area contributed by atoms with Gasteiger partial charge in [0.15, 0.2) is 0 Å². The zero-order valence-electron chi connectivity index (χ0n) is 19.0. The van der Waals surface area contributed by atoms with Gasteiger partial charge in [-0.05, 0) is 53.3 Å². The molecule has 0 aliphatic carbocycles. The lowest BCUT2D eigenvalue weighted by molar-refractivity contribution is -0.135. The second kappa shape index (κ2) is 7.42. The molecule has 0 amide bonds. The third-order valence-corrected chi connectivity index (χ3v) is 7.27. The third-order valence-electron chi connectivity index (χ3n) is 7.27. The number of fused-ring (bicyclic) bond motifs is 3. The van der Waals surface area contributed by atoms with Crippen LogP contribution in [0.5, 0.6) is 11.5 Å². The van der Waals surface area contributed by atoms with Gasteiger partial charge in [-0.25, -0.2) is 0 Å². The van der Waals surface area contributed by atoms with Crippen molar-refractivity contribution in [3.8, 4) is 22.6 Å². The highest BCUT2D eigenvalue weighted by molar-refractivity contribution is 5.91. The predicted octanol–water partition coefficient (Wildman–Crippen LogP) is 4.48. The quantitative estimate of drug-likeness (QED) is 0.297. The molecule has 2 aliphatic rings. The lowest BCUT2D eigenvalue weighted by Gasteiger charge is -2.25. The number of ether oxygens (including phenoxy) is 1. The van der Waals surface area contributed by atoms with Crippen molar-refractivity contribution < 1.29 is 19.1 Å². The van der Waals surface area contributed by atoms with E-state index in [0.717, 1.165) is 22.9 Å². The zero-order valence-corrected chi connectivity index (χ0v) is 19.0. The van der Waals surface area contributed by atoms with E-state index in [9.17, 15) is 19.5 Å². The first-order valence-corrected chi connectivity index (χ1v) is 11.7. The van der Waals surface area contributed by atoms with Gasteiger partial charge in [0.1, 0.15) is 23.3 Å². The Labute approximate surface area is 203 Å². The number of hydrogen-bond acceptors (Lipinski definition) is 6. The largest absolute Gasteiger partial charge is 0.508 e. The average molecular weight is 477 g/mol. The highest BCUT2D eigenvalue weighted by Gasteiger charge is 2.35. The van der Waals surface area contributed by atoms with Crippen molar-refractivity contribution in [3.63, 3.8) is 0 Å². The number of carbonyl (C=O) groups excluding carboxylic acids is 1. The van der Waals surface area contributed by atoms with Gasteiger partial charge in [-0.15, -0.1) is 0 Å². The molecule has 7 nitrogen and oxygen atoms in total. The normalized spacial score (nSPS) is 16.3. The lowest BCUT2D eigenvalue weighted by atomic mass is 9.85. The van der Waals surface area contributed by atoms with Crippen molar-refractivity contribution in [2.75, 3.05) is 0 Å². The monoisotopic (exact) mass is 477 g/mol. The van der Waals surface area contributed by atoms with E-state index in [1.54, 1.807) is 28.8 Å². The Morgan fingerprint density at radius 2 is 1.81 bits per heavy atom. The molecule has 3 aromatic carbocycles. The van der Waals surface area contributed by atoms with E-state index in [4.69, 9.17) is 9.15 Å². The molecule has 1 N–H and O–H groups in total. The minimum absolute atomic E-state index is 0.0318. The van der Waals surface area contributed by atoms with E-state index in [2.05, 4.69) is 0 Å². The van der Waals surface area contributed by atoms with Gasteiger partial charge in [0.25, 0.3) is 5.56 Å². The zero-order chi connectivity index (χ0) is 24.6. The lowest BCUT2D eigenvalue weighted by Crippen LogP contribution is -2.29. The first-order valence-electron chi connectivity index (χ1n) is 11.7. The van der Waals surface area contributed by atoms with E-state index in [1.165, 1.54) is 18.4 Å². The van der Waals surface area contributed by atoms with Crippen molar-refractivity contribution in [3.05, 3.63) is 104 Å². The van der Waals surface area contributed by atoms with Crippen LogP contribution in [0.15, 0.2) is 80.9 Å². The molecule has 5 aromatic rings. The number of hydrogen-bond donors (Lipinski definition) is 1. The summed E-state index contributed by atoms with van der Waals surface area (Å²) in [4.78, 5) is 39.7. The summed E-state index contributed by atoms with van der Waals surface area (Å²) in [5, 5.41) is 10.9. The van der Waals surface area contributed by atoms with Crippen LogP contribution in [0.25, 0.3) is 33.0 Å². The Balaban J connectivity index is 1.48. The molecule has 4 heterocycles. The smallest absolute Gasteiger partial charge is 0.312 e. The van der Waals surface area contributed by atoms with Crippen LogP contribution in [0.3, 0.4) is 0 Å². The van der Waals surface area contributed by atoms with Crippen molar-refractivity contribution in [2.45, 2.75) is 25.3 Å². The molecule has 176 valence electrons. The molecule has 0 fully saturated rings. The second-order valence-electron chi connectivity index (χ2n) is 9.27. The maximum atomic E-state index is 13.6. The Hall–Kier alpha value is -4.65. The number of rotatable bonds is 2. The van der Waals surface area contributed by atoms with Gasteiger partial charge in [0, 0.05) is 23.6 Å². The predicted molar refractivity (Wildman–Crippen MR) is 134 cm³/mol. The molecule has 7 rings (SSSR count). The Kier molecular flexibility index (Phi) is 4.27. The minimum Gasteiger partial charge on any atom is -0.508 e. The van der Waals surface area contributed by atoms with Gasteiger partial charge in [-0.1, -0.05) is 30.3 Å². The number of aromatic nitrogens is 1. The summed E-state index contributed by atoms with van der Waals surface area (Å²) in [6.45, 7) is 0.590. The summed E-state index contributed by atoms with van der Waals surface area (Å²) in [6, 6.07) is 17.3. The summed E-state index contributed by atoms with van der Waals surface area (Å²) >= 11 is 0. The highest BCUT2D eigenvalue weighted by atomic mass is 16.5. The number of phenols is 1. The molecule has 0 bridgehead atoms. The van der Waals surface area contributed by atoms with Crippen molar-refractivity contribution in [2.24, 2.45) is 0 Å². The first kappa shape index (κ1) is 20.7. The van der Waals surface area contributed by atoms with E-state index < -0.39 is 11.9 Å². The molecular weight excluding hydrogens is 458 g/mol. The molecule has 36 heavy (non-hydrogen) atoms. The SMILES string of the molecule is O=C1CC(c2cc3cccc4c3n(c2=O)CC4)c2c(ccc3c(=O)c(-c4ccc(O)cc4)coc23)O1. The van der Waals surface area contributed by atoms with Crippen LogP contribution in [0.4, 0.5) is 0 Å². The van der Waals surface area contributed by atoms with E-state index in [0.29, 0.717) is 45.5 Å². The Morgan fingerprint density at radius 3 is 2.64 bits per heavy atom. The number of pyridine rings is 1.